The number of ketones is 1. The molecule has 0 aromatic heterocycles. The minimum atomic E-state index is -0.578. The molecule has 0 saturated carbocycles. The summed E-state index contributed by atoms with van der Waals surface area (Å²) in [7, 11) is 0. The summed E-state index contributed by atoms with van der Waals surface area (Å²) in [5, 5.41) is 3.20. The van der Waals surface area contributed by atoms with Gasteiger partial charge in [0.2, 0.25) is 11.8 Å². The largest absolute Gasteiger partial charge is 0.368 e. The highest BCUT2D eigenvalue weighted by Gasteiger charge is 2.31. The van der Waals surface area contributed by atoms with Crippen molar-refractivity contribution in [1.82, 2.24) is 4.90 Å². The number of nitrogens with one attached hydrogen (secondary N) is 1. The summed E-state index contributed by atoms with van der Waals surface area (Å²) in [6, 6.07) is 20.8. The molecule has 0 fully saturated rings. The van der Waals surface area contributed by atoms with Gasteiger partial charge in [0.15, 0.2) is 5.78 Å². The highest BCUT2D eigenvalue weighted by Crippen LogP contribution is 2.25. The molecule has 3 aromatic rings. The molecule has 1 aliphatic rings. The third kappa shape index (κ3) is 4.72. The number of benzene rings is 3. The van der Waals surface area contributed by atoms with E-state index in [1.165, 1.54) is 6.07 Å². The van der Waals surface area contributed by atoms with Gasteiger partial charge in [-0.05, 0) is 35.7 Å². The van der Waals surface area contributed by atoms with Crippen molar-refractivity contribution < 1.29 is 14.4 Å². The number of fused-ring (bicyclic) bond motifs is 1. The van der Waals surface area contributed by atoms with E-state index in [-0.39, 0.29) is 18.2 Å². The molecule has 32 heavy (non-hydrogen) atoms. The third-order valence-corrected chi connectivity index (χ3v) is 5.79. The summed E-state index contributed by atoms with van der Waals surface area (Å²) in [6.45, 7) is 0.400. The van der Waals surface area contributed by atoms with Crippen LogP contribution in [-0.2, 0) is 22.6 Å². The highest BCUT2D eigenvalue weighted by atomic mass is 35.5. The van der Waals surface area contributed by atoms with Crippen molar-refractivity contribution in [1.29, 1.82) is 0 Å². The first kappa shape index (κ1) is 21.7. The second-order valence-corrected chi connectivity index (χ2v) is 8.17. The van der Waals surface area contributed by atoms with Gasteiger partial charge in [0.05, 0.1) is 18.3 Å². The Labute approximate surface area is 191 Å². The van der Waals surface area contributed by atoms with Crippen LogP contribution in [0.3, 0.4) is 0 Å². The Morgan fingerprint density at radius 2 is 1.66 bits per heavy atom. The topological polar surface area (TPSA) is 92.5 Å². The van der Waals surface area contributed by atoms with Gasteiger partial charge in [-0.25, -0.2) is 0 Å². The van der Waals surface area contributed by atoms with E-state index in [9.17, 15) is 14.4 Å². The quantitative estimate of drug-likeness (QED) is 0.566. The molecule has 1 heterocycles. The first-order valence-electron chi connectivity index (χ1n) is 10.2. The van der Waals surface area contributed by atoms with E-state index < -0.39 is 11.9 Å². The standard InChI is InChI=1S/C25H22ClN3O3/c26-19-10-11-21(20(13-19)24(31)16-6-2-1-3-7-16)28-23(30)15-29-14-18-9-5-4-8-17(18)12-22(29)25(27)32/h1-11,13,22H,12,14-15H2,(H2,27,32)(H,28,30)/t22-/m0/s1. The van der Waals surface area contributed by atoms with Crippen LogP contribution in [-0.4, -0.2) is 35.1 Å². The van der Waals surface area contributed by atoms with Crippen LogP contribution in [0.15, 0.2) is 72.8 Å². The van der Waals surface area contributed by atoms with Crippen molar-refractivity contribution in [3.8, 4) is 0 Å². The first-order chi connectivity index (χ1) is 15.4. The summed E-state index contributed by atoms with van der Waals surface area (Å²) in [6.07, 6.45) is 0.456. The molecule has 0 saturated heterocycles. The number of primary amides is 1. The van der Waals surface area contributed by atoms with Crippen molar-refractivity contribution in [3.63, 3.8) is 0 Å². The SMILES string of the molecule is NC(=O)[C@@H]1Cc2ccccc2CN1CC(=O)Nc1ccc(Cl)cc1C(=O)c1ccccc1. The van der Waals surface area contributed by atoms with Crippen LogP contribution in [0.25, 0.3) is 0 Å². The highest BCUT2D eigenvalue weighted by molar-refractivity contribution is 6.31. The number of halogens is 1. The van der Waals surface area contributed by atoms with Crippen LogP contribution in [0, 0.1) is 0 Å². The van der Waals surface area contributed by atoms with Crippen molar-refractivity contribution in [2.45, 2.75) is 19.0 Å². The summed E-state index contributed by atoms with van der Waals surface area (Å²) < 4.78 is 0. The van der Waals surface area contributed by atoms with Gasteiger partial charge >= 0.3 is 0 Å². The normalized spacial score (nSPS) is 15.6. The van der Waals surface area contributed by atoms with Crippen LogP contribution in [0.4, 0.5) is 5.69 Å². The Hall–Kier alpha value is -3.48. The van der Waals surface area contributed by atoms with Gasteiger partial charge in [-0.1, -0.05) is 66.2 Å². The predicted molar refractivity (Wildman–Crippen MR) is 123 cm³/mol. The van der Waals surface area contributed by atoms with Gasteiger partial charge in [-0.2, -0.15) is 0 Å². The molecule has 0 radical (unpaired) electrons. The van der Waals surface area contributed by atoms with Gasteiger partial charge in [0.25, 0.3) is 0 Å². The molecule has 1 atom stereocenters. The Morgan fingerprint density at radius 3 is 2.38 bits per heavy atom. The molecule has 2 amide bonds. The molecule has 162 valence electrons. The fraction of sp³-hybridized carbons (Fsp3) is 0.160. The maximum absolute atomic E-state index is 13.0. The van der Waals surface area contributed by atoms with Crippen LogP contribution in [0.5, 0.6) is 0 Å². The molecule has 0 bridgehead atoms. The summed E-state index contributed by atoms with van der Waals surface area (Å²) >= 11 is 6.12. The van der Waals surface area contributed by atoms with Crippen molar-refractivity contribution >= 4 is 34.9 Å². The number of carbonyl (C=O) groups excluding carboxylic acids is 3. The molecule has 6 nitrogen and oxygen atoms in total. The van der Waals surface area contributed by atoms with Crippen molar-refractivity contribution in [2.24, 2.45) is 5.73 Å². The monoisotopic (exact) mass is 447 g/mol. The van der Waals surface area contributed by atoms with Crippen LogP contribution in [0.2, 0.25) is 5.02 Å². The van der Waals surface area contributed by atoms with Crippen LogP contribution in [0.1, 0.15) is 27.0 Å². The minimum Gasteiger partial charge on any atom is -0.368 e. The second kappa shape index (κ2) is 9.34. The number of hydrogen-bond acceptors (Lipinski definition) is 4. The fourth-order valence-electron chi connectivity index (χ4n) is 3.96. The molecule has 4 rings (SSSR count). The number of nitrogens with two attached hydrogens (primary N) is 1. The molecule has 0 unspecified atom stereocenters. The Bertz CT molecular complexity index is 1180. The van der Waals surface area contributed by atoms with E-state index in [1.54, 1.807) is 41.3 Å². The molecule has 0 spiro atoms. The average molecular weight is 448 g/mol. The average Bonchev–Trinajstić information content (AvgIpc) is 2.79. The van der Waals surface area contributed by atoms with Crippen molar-refractivity contribution in [3.05, 3.63) is 100 Å². The zero-order chi connectivity index (χ0) is 22.7. The first-order valence-corrected chi connectivity index (χ1v) is 10.6. The molecule has 0 aliphatic carbocycles. The number of nitrogens with zero attached hydrogens (tertiary/aromatic N) is 1. The van der Waals surface area contributed by atoms with Gasteiger partial charge < -0.3 is 11.1 Å². The van der Waals surface area contributed by atoms with Gasteiger partial charge in [-0.15, -0.1) is 0 Å². The van der Waals surface area contributed by atoms with Crippen molar-refractivity contribution in [2.75, 3.05) is 11.9 Å². The van der Waals surface area contributed by atoms with E-state index in [1.807, 2.05) is 30.3 Å². The lowest BCUT2D eigenvalue weighted by Crippen LogP contribution is -2.50. The number of carbonyl (C=O) groups is 3. The van der Waals surface area contributed by atoms with Gasteiger partial charge in [0.1, 0.15) is 0 Å². The summed E-state index contributed by atoms with van der Waals surface area (Å²) in [5.41, 5.74) is 8.89. The van der Waals surface area contributed by atoms with Crippen LogP contribution < -0.4 is 11.1 Å². The maximum atomic E-state index is 13.0. The Balaban J connectivity index is 1.54. The van der Waals surface area contributed by atoms with E-state index in [0.29, 0.717) is 34.8 Å². The molecule has 3 N–H and O–H groups in total. The lowest BCUT2D eigenvalue weighted by Gasteiger charge is -2.34. The maximum Gasteiger partial charge on any atom is 0.238 e. The van der Waals surface area contributed by atoms with E-state index in [2.05, 4.69) is 5.32 Å². The Morgan fingerprint density at radius 1 is 0.969 bits per heavy atom. The number of hydrogen-bond donors (Lipinski definition) is 2. The van der Waals surface area contributed by atoms with Gasteiger partial charge in [-0.3, -0.25) is 19.3 Å². The van der Waals surface area contributed by atoms with E-state index in [0.717, 1.165) is 11.1 Å². The minimum absolute atomic E-state index is 0.0382. The van der Waals surface area contributed by atoms with Crippen LogP contribution >= 0.6 is 11.6 Å². The number of rotatable bonds is 6. The second-order valence-electron chi connectivity index (χ2n) is 7.73. The van der Waals surface area contributed by atoms with E-state index >= 15 is 0 Å². The van der Waals surface area contributed by atoms with Gasteiger partial charge in [0, 0.05) is 22.7 Å². The summed E-state index contributed by atoms with van der Waals surface area (Å²) in [4.78, 5) is 39.7. The predicted octanol–water partition coefficient (Wildman–Crippen LogP) is 3.42. The summed E-state index contributed by atoms with van der Waals surface area (Å²) in [5.74, 6) is -1.07. The number of anilines is 1. The molecular weight excluding hydrogens is 426 g/mol. The molecule has 3 aromatic carbocycles. The molecule has 1 aliphatic heterocycles. The number of amides is 2. The third-order valence-electron chi connectivity index (χ3n) is 5.56. The molecular formula is C25H22ClN3O3. The smallest absolute Gasteiger partial charge is 0.238 e. The molecule has 7 heteroatoms. The lowest BCUT2D eigenvalue weighted by atomic mass is 9.93. The lowest BCUT2D eigenvalue weighted by molar-refractivity contribution is -0.125. The fourth-order valence-corrected chi connectivity index (χ4v) is 4.13. The van der Waals surface area contributed by atoms with E-state index in [4.69, 9.17) is 17.3 Å². The zero-order valence-corrected chi connectivity index (χ0v) is 18.0. The zero-order valence-electron chi connectivity index (χ0n) is 17.3. The Kier molecular flexibility index (Phi) is 6.35.